The highest BCUT2D eigenvalue weighted by Crippen LogP contribution is 2.04. The van der Waals surface area contributed by atoms with Crippen LogP contribution in [0.2, 0.25) is 0 Å². The van der Waals surface area contributed by atoms with Crippen LogP contribution in [-0.4, -0.2) is 33.6 Å². The predicted molar refractivity (Wildman–Crippen MR) is 84.1 cm³/mol. The Labute approximate surface area is 133 Å². The number of aromatic nitrogens is 2. The zero-order chi connectivity index (χ0) is 16.7. The molecule has 1 aromatic heterocycles. The van der Waals surface area contributed by atoms with Gasteiger partial charge in [-0.1, -0.05) is 12.1 Å². The van der Waals surface area contributed by atoms with Gasteiger partial charge in [0.05, 0.1) is 17.0 Å². The van der Waals surface area contributed by atoms with Gasteiger partial charge in [-0.2, -0.15) is 0 Å². The minimum absolute atomic E-state index is 0.220. The number of carboxylic acids is 1. The van der Waals surface area contributed by atoms with E-state index in [1.54, 1.807) is 24.5 Å². The molecule has 0 bridgehead atoms. The number of carboxylic acid groups (broad SMARTS) is 1. The Morgan fingerprint density at radius 2 is 1.78 bits per heavy atom. The van der Waals surface area contributed by atoms with E-state index in [-0.39, 0.29) is 11.6 Å². The zero-order valence-corrected chi connectivity index (χ0v) is 12.7. The fraction of sp³-hybridized carbons (Fsp3) is 0.250. The average molecular weight is 314 g/mol. The van der Waals surface area contributed by atoms with Crippen molar-refractivity contribution in [2.45, 2.75) is 19.9 Å². The highest BCUT2D eigenvalue weighted by atomic mass is 16.4. The molecule has 0 aliphatic rings. The molecule has 0 aliphatic heterocycles. The molecule has 0 unspecified atom stereocenters. The lowest BCUT2D eigenvalue weighted by Gasteiger charge is -2.08. The summed E-state index contributed by atoms with van der Waals surface area (Å²) in [5.41, 5.74) is 2.76. The lowest BCUT2D eigenvalue weighted by Crippen LogP contribution is -2.36. The lowest BCUT2D eigenvalue weighted by atomic mass is 10.1. The van der Waals surface area contributed by atoms with Gasteiger partial charge in [0.15, 0.2) is 0 Å². The summed E-state index contributed by atoms with van der Waals surface area (Å²) in [7, 11) is 0. The van der Waals surface area contributed by atoms with Crippen molar-refractivity contribution in [1.82, 2.24) is 20.6 Å². The van der Waals surface area contributed by atoms with Gasteiger partial charge in [-0.3, -0.25) is 9.97 Å². The van der Waals surface area contributed by atoms with Crippen LogP contribution < -0.4 is 10.6 Å². The number of nitrogens with zero attached hydrogens (tertiary/aromatic N) is 2. The van der Waals surface area contributed by atoms with Gasteiger partial charge in [0, 0.05) is 31.9 Å². The molecule has 2 aromatic rings. The highest BCUT2D eigenvalue weighted by molar-refractivity contribution is 5.87. The SMILES string of the molecule is Cc1nccnc1CCNC(=O)NCc1ccc(C(=O)O)cc1. The lowest BCUT2D eigenvalue weighted by molar-refractivity contribution is 0.0697. The van der Waals surface area contributed by atoms with E-state index in [4.69, 9.17) is 5.11 Å². The molecule has 1 heterocycles. The number of urea groups is 1. The second-order valence-electron chi connectivity index (χ2n) is 4.95. The first kappa shape index (κ1) is 16.4. The van der Waals surface area contributed by atoms with Gasteiger partial charge in [-0.25, -0.2) is 9.59 Å². The summed E-state index contributed by atoms with van der Waals surface area (Å²) in [6, 6.07) is 6.08. The molecule has 0 aliphatic carbocycles. The van der Waals surface area contributed by atoms with E-state index in [0.717, 1.165) is 17.0 Å². The quantitative estimate of drug-likeness (QED) is 0.750. The molecular weight excluding hydrogens is 296 g/mol. The Morgan fingerprint density at radius 3 is 2.43 bits per heavy atom. The summed E-state index contributed by atoms with van der Waals surface area (Å²) in [5.74, 6) is -0.971. The van der Waals surface area contributed by atoms with E-state index >= 15 is 0 Å². The van der Waals surface area contributed by atoms with E-state index in [0.29, 0.717) is 19.5 Å². The number of hydrogen-bond acceptors (Lipinski definition) is 4. The molecule has 0 spiro atoms. The van der Waals surface area contributed by atoms with Crippen molar-refractivity contribution in [2.24, 2.45) is 0 Å². The van der Waals surface area contributed by atoms with Gasteiger partial charge in [-0.05, 0) is 24.6 Å². The minimum Gasteiger partial charge on any atom is -0.478 e. The van der Waals surface area contributed by atoms with Crippen LogP contribution in [0.3, 0.4) is 0 Å². The van der Waals surface area contributed by atoms with Crippen LogP contribution in [0.25, 0.3) is 0 Å². The Morgan fingerprint density at radius 1 is 1.09 bits per heavy atom. The molecule has 7 heteroatoms. The first-order valence-corrected chi connectivity index (χ1v) is 7.16. The van der Waals surface area contributed by atoms with E-state index in [9.17, 15) is 9.59 Å². The number of aryl methyl sites for hydroxylation is 1. The smallest absolute Gasteiger partial charge is 0.335 e. The van der Waals surface area contributed by atoms with Crippen LogP contribution in [0.15, 0.2) is 36.7 Å². The van der Waals surface area contributed by atoms with Gasteiger partial charge in [0.1, 0.15) is 0 Å². The second-order valence-corrected chi connectivity index (χ2v) is 4.95. The molecule has 2 rings (SSSR count). The van der Waals surface area contributed by atoms with Gasteiger partial charge in [0.25, 0.3) is 0 Å². The number of aromatic carboxylic acids is 1. The van der Waals surface area contributed by atoms with Crippen LogP contribution in [0.5, 0.6) is 0 Å². The first-order valence-electron chi connectivity index (χ1n) is 7.16. The molecule has 3 N–H and O–H groups in total. The molecule has 2 amide bonds. The highest BCUT2D eigenvalue weighted by Gasteiger charge is 2.04. The summed E-state index contributed by atoms with van der Waals surface area (Å²) < 4.78 is 0. The van der Waals surface area contributed by atoms with Gasteiger partial charge in [-0.15, -0.1) is 0 Å². The number of benzene rings is 1. The van der Waals surface area contributed by atoms with Crippen LogP contribution in [0.1, 0.15) is 27.3 Å². The minimum atomic E-state index is -0.971. The van der Waals surface area contributed by atoms with E-state index < -0.39 is 5.97 Å². The molecule has 1 aromatic carbocycles. The van der Waals surface area contributed by atoms with Crippen LogP contribution >= 0.6 is 0 Å². The largest absolute Gasteiger partial charge is 0.478 e. The number of rotatable bonds is 6. The standard InChI is InChI=1S/C16H18N4O3/c1-11-14(18-9-8-17-11)6-7-19-16(23)20-10-12-2-4-13(5-3-12)15(21)22/h2-5,8-9H,6-7,10H2,1H3,(H,21,22)(H2,19,20,23). The van der Waals surface area contributed by atoms with Gasteiger partial charge < -0.3 is 15.7 Å². The molecule has 23 heavy (non-hydrogen) atoms. The van der Waals surface area contributed by atoms with Crippen molar-refractivity contribution in [1.29, 1.82) is 0 Å². The number of amides is 2. The molecule has 0 fully saturated rings. The van der Waals surface area contributed by atoms with Crippen molar-refractivity contribution in [2.75, 3.05) is 6.54 Å². The van der Waals surface area contributed by atoms with E-state index in [2.05, 4.69) is 20.6 Å². The maximum atomic E-state index is 11.7. The van der Waals surface area contributed by atoms with Crippen molar-refractivity contribution < 1.29 is 14.7 Å². The molecule has 0 saturated heterocycles. The summed E-state index contributed by atoms with van der Waals surface area (Å²) in [6.07, 6.45) is 3.87. The Hall–Kier alpha value is -2.96. The average Bonchev–Trinajstić information content (AvgIpc) is 2.55. The summed E-state index contributed by atoms with van der Waals surface area (Å²) in [6.45, 7) is 2.67. The Balaban J connectivity index is 1.73. The number of hydrogen-bond donors (Lipinski definition) is 3. The first-order chi connectivity index (χ1) is 11.1. The zero-order valence-electron chi connectivity index (χ0n) is 12.7. The van der Waals surface area contributed by atoms with Crippen molar-refractivity contribution in [3.63, 3.8) is 0 Å². The maximum Gasteiger partial charge on any atom is 0.335 e. The fourth-order valence-electron chi connectivity index (χ4n) is 1.99. The van der Waals surface area contributed by atoms with Gasteiger partial charge in [0.2, 0.25) is 0 Å². The predicted octanol–water partition coefficient (Wildman–Crippen LogP) is 1.53. The van der Waals surface area contributed by atoms with E-state index in [1.165, 1.54) is 12.1 Å². The van der Waals surface area contributed by atoms with Crippen LogP contribution in [0.4, 0.5) is 4.79 Å². The molecule has 0 radical (unpaired) electrons. The van der Waals surface area contributed by atoms with Crippen LogP contribution in [-0.2, 0) is 13.0 Å². The molecule has 0 saturated carbocycles. The van der Waals surface area contributed by atoms with Gasteiger partial charge >= 0.3 is 12.0 Å². The van der Waals surface area contributed by atoms with Crippen LogP contribution in [0, 0.1) is 6.92 Å². The fourth-order valence-corrected chi connectivity index (χ4v) is 1.99. The molecule has 7 nitrogen and oxygen atoms in total. The molecule has 0 atom stereocenters. The monoisotopic (exact) mass is 314 g/mol. The molecular formula is C16H18N4O3. The van der Waals surface area contributed by atoms with Crippen molar-refractivity contribution in [3.8, 4) is 0 Å². The third kappa shape index (κ3) is 5.06. The Kier molecular flexibility index (Phi) is 5.62. The maximum absolute atomic E-state index is 11.7. The second kappa shape index (κ2) is 7.88. The summed E-state index contributed by atoms with van der Waals surface area (Å²) >= 11 is 0. The summed E-state index contributed by atoms with van der Waals surface area (Å²) in [5, 5.41) is 14.3. The molecule has 120 valence electrons. The van der Waals surface area contributed by atoms with Crippen molar-refractivity contribution in [3.05, 3.63) is 59.2 Å². The number of nitrogens with one attached hydrogen (secondary N) is 2. The third-order valence-electron chi connectivity index (χ3n) is 3.28. The number of carbonyl (C=O) groups excluding carboxylic acids is 1. The summed E-state index contributed by atoms with van der Waals surface area (Å²) in [4.78, 5) is 30.8. The van der Waals surface area contributed by atoms with Crippen molar-refractivity contribution >= 4 is 12.0 Å². The third-order valence-corrected chi connectivity index (χ3v) is 3.28. The number of carbonyl (C=O) groups is 2. The topological polar surface area (TPSA) is 104 Å². The normalized spacial score (nSPS) is 10.1. The van der Waals surface area contributed by atoms with E-state index in [1.807, 2.05) is 6.92 Å². The Bertz CT molecular complexity index is 686.